The van der Waals surface area contributed by atoms with Gasteiger partial charge in [0.1, 0.15) is 11.8 Å². The van der Waals surface area contributed by atoms with E-state index in [1.807, 2.05) is 32.0 Å². The number of nitrogens with one attached hydrogen (secondary N) is 1. The minimum Gasteiger partial charge on any atom is -0.484 e. The third-order valence-corrected chi connectivity index (χ3v) is 5.91. The van der Waals surface area contributed by atoms with Crippen molar-refractivity contribution in [3.05, 3.63) is 63.1 Å². The molecule has 0 spiro atoms. The van der Waals surface area contributed by atoms with Crippen LogP contribution in [0, 0.1) is 13.8 Å². The second-order valence-corrected chi connectivity index (χ2v) is 8.44. The smallest absolute Gasteiger partial charge is 0.261 e. The summed E-state index contributed by atoms with van der Waals surface area (Å²) in [6.45, 7) is 8.40. The Labute approximate surface area is 194 Å². The number of hydrogen-bond donors (Lipinski definition) is 1. The molecule has 0 fully saturated rings. The van der Waals surface area contributed by atoms with E-state index in [1.165, 1.54) is 4.90 Å². The average molecular weight is 465 g/mol. The van der Waals surface area contributed by atoms with Gasteiger partial charge in [-0.05, 0) is 68.1 Å². The second kappa shape index (κ2) is 12.0. The molecule has 2 aromatic rings. The lowest BCUT2D eigenvalue weighted by molar-refractivity contribution is -0.142. The predicted octanol–water partition coefficient (Wildman–Crippen LogP) is 5.32. The molecule has 7 heteroatoms. The maximum Gasteiger partial charge on any atom is 0.261 e. The summed E-state index contributed by atoms with van der Waals surface area (Å²) in [6, 6.07) is 10.2. The van der Waals surface area contributed by atoms with E-state index in [0.717, 1.165) is 29.5 Å². The highest BCUT2D eigenvalue weighted by molar-refractivity contribution is 6.42. The Hall–Kier alpha value is -2.24. The number of rotatable bonds is 10. The molecule has 0 saturated heterocycles. The highest BCUT2D eigenvalue weighted by Crippen LogP contribution is 2.24. The molecule has 0 aliphatic rings. The fraction of sp³-hybridized carbons (Fsp3) is 0.417. The van der Waals surface area contributed by atoms with Gasteiger partial charge in [0, 0.05) is 13.1 Å². The topological polar surface area (TPSA) is 58.6 Å². The van der Waals surface area contributed by atoms with Crippen LogP contribution in [0.3, 0.4) is 0 Å². The van der Waals surface area contributed by atoms with Crippen LogP contribution >= 0.6 is 23.2 Å². The molecule has 1 atom stereocenters. The van der Waals surface area contributed by atoms with Crippen molar-refractivity contribution in [2.24, 2.45) is 0 Å². The Morgan fingerprint density at radius 3 is 2.45 bits per heavy atom. The van der Waals surface area contributed by atoms with Gasteiger partial charge < -0.3 is 15.0 Å². The van der Waals surface area contributed by atoms with Gasteiger partial charge in [0.05, 0.1) is 10.0 Å². The number of halogens is 2. The van der Waals surface area contributed by atoms with Gasteiger partial charge in [-0.3, -0.25) is 9.59 Å². The minimum absolute atomic E-state index is 0.170. The van der Waals surface area contributed by atoms with Crippen molar-refractivity contribution in [3.63, 3.8) is 0 Å². The van der Waals surface area contributed by atoms with E-state index in [2.05, 4.69) is 12.2 Å². The zero-order valence-electron chi connectivity index (χ0n) is 18.5. The lowest BCUT2D eigenvalue weighted by atomic mass is 10.1. The summed E-state index contributed by atoms with van der Waals surface area (Å²) in [7, 11) is 0. The molecular formula is C24H30Cl2N2O3. The second-order valence-electron chi connectivity index (χ2n) is 7.63. The van der Waals surface area contributed by atoms with E-state index < -0.39 is 6.04 Å². The van der Waals surface area contributed by atoms with Crippen LogP contribution in [0.4, 0.5) is 0 Å². The summed E-state index contributed by atoms with van der Waals surface area (Å²) in [5.41, 5.74) is 3.01. The lowest BCUT2D eigenvalue weighted by Crippen LogP contribution is -2.49. The Balaban J connectivity index is 2.15. The molecule has 0 radical (unpaired) electrons. The number of benzene rings is 2. The number of carbonyl (C=O) groups is 2. The first kappa shape index (κ1) is 25.0. The predicted molar refractivity (Wildman–Crippen MR) is 126 cm³/mol. The van der Waals surface area contributed by atoms with Crippen molar-refractivity contribution in [1.29, 1.82) is 0 Å². The number of ether oxygens (including phenoxy) is 1. The van der Waals surface area contributed by atoms with Gasteiger partial charge in [0.25, 0.3) is 5.91 Å². The molecule has 0 aliphatic carbocycles. The van der Waals surface area contributed by atoms with E-state index >= 15 is 0 Å². The quantitative estimate of drug-likeness (QED) is 0.483. The average Bonchev–Trinajstić information content (AvgIpc) is 2.74. The summed E-state index contributed by atoms with van der Waals surface area (Å²) in [4.78, 5) is 27.2. The van der Waals surface area contributed by atoms with E-state index in [0.29, 0.717) is 22.3 Å². The van der Waals surface area contributed by atoms with Crippen LogP contribution in [0.5, 0.6) is 5.75 Å². The van der Waals surface area contributed by atoms with E-state index in [1.54, 1.807) is 25.1 Å². The number of nitrogens with zero attached hydrogens (tertiary/aromatic N) is 1. The maximum atomic E-state index is 13.1. The minimum atomic E-state index is -0.665. The normalized spacial score (nSPS) is 11.7. The molecule has 2 rings (SSSR count). The van der Waals surface area contributed by atoms with Gasteiger partial charge in [-0.25, -0.2) is 0 Å². The summed E-state index contributed by atoms with van der Waals surface area (Å²) < 4.78 is 5.72. The number of hydrogen-bond acceptors (Lipinski definition) is 3. The van der Waals surface area contributed by atoms with Crippen LogP contribution in [0.2, 0.25) is 10.0 Å². The molecule has 0 aliphatic heterocycles. The zero-order chi connectivity index (χ0) is 23.0. The van der Waals surface area contributed by atoms with Crippen molar-refractivity contribution in [2.45, 2.75) is 53.1 Å². The Morgan fingerprint density at radius 2 is 1.81 bits per heavy atom. The highest BCUT2D eigenvalue weighted by atomic mass is 35.5. The van der Waals surface area contributed by atoms with E-state index in [9.17, 15) is 9.59 Å². The maximum absolute atomic E-state index is 13.1. The third kappa shape index (κ3) is 7.44. The SMILES string of the molecule is CCCCNC(=O)C(C)N(Cc1ccc(Cl)c(Cl)c1)C(=O)COc1ccc(C)c(C)c1. The van der Waals surface area contributed by atoms with Crippen molar-refractivity contribution in [3.8, 4) is 5.75 Å². The van der Waals surface area contributed by atoms with Crippen LogP contribution in [-0.2, 0) is 16.1 Å². The van der Waals surface area contributed by atoms with Gasteiger partial charge in [-0.2, -0.15) is 0 Å². The van der Waals surface area contributed by atoms with E-state index in [-0.39, 0.29) is 25.0 Å². The summed E-state index contributed by atoms with van der Waals surface area (Å²) in [5, 5.41) is 3.73. The van der Waals surface area contributed by atoms with Gasteiger partial charge in [0.2, 0.25) is 5.91 Å². The first-order valence-electron chi connectivity index (χ1n) is 10.4. The number of unbranched alkanes of at least 4 members (excludes halogenated alkanes) is 1. The highest BCUT2D eigenvalue weighted by Gasteiger charge is 2.26. The first-order valence-corrected chi connectivity index (χ1v) is 11.2. The first-order chi connectivity index (χ1) is 14.7. The summed E-state index contributed by atoms with van der Waals surface area (Å²) in [5.74, 6) is 0.126. The third-order valence-electron chi connectivity index (χ3n) is 5.17. The monoisotopic (exact) mass is 464 g/mol. The Bertz CT molecular complexity index is 918. The number of aryl methyl sites for hydroxylation is 2. The fourth-order valence-electron chi connectivity index (χ4n) is 2.99. The van der Waals surface area contributed by atoms with Crippen LogP contribution in [0.1, 0.15) is 43.4 Å². The molecule has 0 heterocycles. The molecule has 5 nitrogen and oxygen atoms in total. The van der Waals surface area contributed by atoms with Gasteiger partial charge in [-0.1, -0.05) is 48.7 Å². The molecular weight excluding hydrogens is 435 g/mol. The van der Waals surface area contributed by atoms with Crippen molar-refractivity contribution < 1.29 is 14.3 Å². The zero-order valence-corrected chi connectivity index (χ0v) is 20.0. The van der Waals surface area contributed by atoms with Crippen molar-refractivity contribution in [2.75, 3.05) is 13.2 Å². The van der Waals surface area contributed by atoms with Gasteiger partial charge in [-0.15, -0.1) is 0 Å². The molecule has 0 saturated carbocycles. The summed E-state index contributed by atoms with van der Waals surface area (Å²) >= 11 is 12.1. The molecule has 0 aromatic heterocycles. The number of amides is 2. The molecule has 2 aromatic carbocycles. The Kier molecular flexibility index (Phi) is 9.66. The molecule has 1 unspecified atom stereocenters. The van der Waals surface area contributed by atoms with E-state index in [4.69, 9.17) is 27.9 Å². The van der Waals surface area contributed by atoms with Crippen LogP contribution < -0.4 is 10.1 Å². The molecule has 0 bridgehead atoms. The van der Waals surface area contributed by atoms with Crippen molar-refractivity contribution >= 4 is 35.0 Å². The van der Waals surface area contributed by atoms with Gasteiger partial charge in [0.15, 0.2) is 6.61 Å². The van der Waals surface area contributed by atoms with Crippen molar-refractivity contribution in [1.82, 2.24) is 10.2 Å². The molecule has 31 heavy (non-hydrogen) atoms. The van der Waals surface area contributed by atoms with Crippen LogP contribution in [0.15, 0.2) is 36.4 Å². The molecule has 1 N–H and O–H groups in total. The molecule has 2 amide bonds. The molecule has 168 valence electrons. The largest absolute Gasteiger partial charge is 0.484 e. The van der Waals surface area contributed by atoms with Crippen LogP contribution in [0.25, 0.3) is 0 Å². The lowest BCUT2D eigenvalue weighted by Gasteiger charge is -2.29. The Morgan fingerprint density at radius 1 is 1.06 bits per heavy atom. The summed E-state index contributed by atoms with van der Waals surface area (Å²) in [6.07, 6.45) is 1.86. The number of carbonyl (C=O) groups excluding carboxylic acids is 2. The van der Waals surface area contributed by atoms with Crippen LogP contribution in [-0.4, -0.2) is 35.9 Å². The van der Waals surface area contributed by atoms with Gasteiger partial charge >= 0.3 is 0 Å². The fourth-order valence-corrected chi connectivity index (χ4v) is 3.31. The standard InChI is InChI=1S/C24H30Cl2N2O3/c1-5-6-11-27-24(30)18(4)28(14-19-8-10-21(25)22(26)13-19)23(29)15-31-20-9-7-16(2)17(3)12-20/h7-10,12-13,18H,5-6,11,14-15H2,1-4H3,(H,27,30).